The molecular formula is C7H8F2O4. The van der Waals surface area contributed by atoms with Gasteiger partial charge in [0.25, 0.3) is 0 Å². The van der Waals surface area contributed by atoms with E-state index in [2.05, 4.69) is 9.47 Å². The third-order valence-corrected chi connectivity index (χ3v) is 1.10. The number of ether oxygens (including phenoxy) is 2. The van der Waals surface area contributed by atoms with Gasteiger partial charge in [0, 0.05) is 0 Å². The van der Waals surface area contributed by atoms with E-state index in [1.807, 2.05) is 0 Å². The zero-order valence-electron chi connectivity index (χ0n) is 7.04. The van der Waals surface area contributed by atoms with Gasteiger partial charge < -0.3 is 9.47 Å². The molecule has 0 aliphatic rings. The molecule has 0 bridgehead atoms. The number of Topliss-reactive ketones (excluding diaryl/α,β-unsaturated/α-hetero) is 1. The summed E-state index contributed by atoms with van der Waals surface area (Å²) in [5.41, 5.74) is -0.806. The Morgan fingerprint density at radius 3 is 2.15 bits per heavy atom. The molecule has 0 heterocycles. The van der Waals surface area contributed by atoms with Crippen LogP contribution in [0.3, 0.4) is 0 Å². The van der Waals surface area contributed by atoms with Crippen LogP contribution in [0.1, 0.15) is 0 Å². The molecule has 0 saturated heterocycles. The highest BCUT2D eigenvalue weighted by molar-refractivity contribution is 6.18. The zero-order valence-corrected chi connectivity index (χ0v) is 7.04. The molecule has 0 radical (unpaired) electrons. The molecule has 0 aromatic carbocycles. The molecule has 4 nitrogen and oxygen atoms in total. The van der Waals surface area contributed by atoms with E-state index in [9.17, 15) is 18.4 Å². The second kappa shape index (κ2) is 5.23. The number of methoxy groups -OCH3 is 2. The van der Waals surface area contributed by atoms with Gasteiger partial charge in [-0.2, -0.15) is 0 Å². The number of ketones is 1. The number of alkyl halides is 2. The largest absolute Gasteiger partial charge is 0.503 e. The number of halogens is 2. The quantitative estimate of drug-likeness (QED) is 0.215. The van der Waals surface area contributed by atoms with Gasteiger partial charge in [-0.15, -0.1) is 0 Å². The van der Waals surface area contributed by atoms with Crippen LogP contribution in [0.5, 0.6) is 0 Å². The normalized spacial score (nSPS) is 11.3. The lowest BCUT2D eigenvalue weighted by atomic mass is 10.2. The van der Waals surface area contributed by atoms with Crippen LogP contribution in [0.15, 0.2) is 11.8 Å². The van der Waals surface area contributed by atoms with E-state index in [1.165, 1.54) is 0 Å². The van der Waals surface area contributed by atoms with Crippen molar-refractivity contribution in [3.8, 4) is 0 Å². The highest BCUT2D eigenvalue weighted by atomic mass is 19.3. The van der Waals surface area contributed by atoms with E-state index in [0.717, 1.165) is 14.2 Å². The minimum Gasteiger partial charge on any atom is -0.503 e. The number of esters is 1. The minimum absolute atomic E-state index is 0.625. The third-order valence-electron chi connectivity index (χ3n) is 1.10. The summed E-state index contributed by atoms with van der Waals surface area (Å²) in [7, 11) is 2.10. The molecular weight excluding hydrogens is 186 g/mol. The average molecular weight is 194 g/mol. The number of carbonyl (C=O) groups is 2. The van der Waals surface area contributed by atoms with Crippen molar-refractivity contribution < 1.29 is 27.8 Å². The molecule has 6 heteroatoms. The van der Waals surface area contributed by atoms with Crippen molar-refractivity contribution >= 4 is 11.8 Å². The van der Waals surface area contributed by atoms with E-state index >= 15 is 0 Å². The fourth-order valence-electron chi connectivity index (χ4n) is 0.552. The van der Waals surface area contributed by atoms with E-state index in [4.69, 9.17) is 0 Å². The lowest BCUT2D eigenvalue weighted by Crippen LogP contribution is -2.20. The van der Waals surface area contributed by atoms with Crippen molar-refractivity contribution in [1.29, 1.82) is 0 Å². The monoisotopic (exact) mass is 194 g/mol. The van der Waals surface area contributed by atoms with Crippen LogP contribution in [-0.4, -0.2) is 32.4 Å². The van der Waals surface area contributed by atoms with Gasteiger partial charge in [0.2, 0.25) is 5.78 Å². The SMILES string of the molecule is COC=C(C(=O)OC)C(=O)C(F)F. The standard InChI is InChI=1S/C7H8F2O4/c1-12-3-4(7(11)13-2)5(10)6(8)9/h3,6H,1-2H3. The van der Waals surface area contributed by atoms with Gasteiger partial charge >= 0.3 is 12.4 Å². The van der Waals surface area contributed by atoms with E-state index in [-0.39, 0.29) is 0 Å². The highest BCUT2D eigenvalue weighted by Crippen LogP contribution is 2.07. The molecule has 0 N–H and O–H groups in total. The molecule has 74 valence electrons. The molecule has 0 aromatic heterocycles. The Labute approximate surface area is 73.1 Å². The van der Waals surface area contributed by atoms with Gasteiger partial charge in [0.05, 0.1) is 14.2 Å². The number of hydrogen-bond donors (Lipinski definition) is 0. The fourth-order valence-corrected chi connectivity index (χ4v) is 0.552. The zero-order chi connectivity index (χ0) is 10.4. The summed E-state index contributed by atoms with van der Waals surface area (Å²) < 4.78 is 32.1. The first-order valence-electron chi connectivity index (χ1n) is 3.18. The number of rotatable bonds is 4. The van der Waals surface area contributed by atoms with Gasteiger partial charge in [-0.25, -0.2) is 13.6 Å². The molecule has 0 aliphatic carbocycles. The second-order valence-electron chi connectivity index (χ2n) is 1.92. The Kier molecular flexibility index (Phi) is 4.64. The molecule has 0 fully saturated rings. The molecule has 0 aliphatic heterocycles. The maximum atomic E-state index is 11.8. The van der Waals surface area contributed by atoms with Crippen LogP contribution in [-0.2, 0) is 19.1 Å². The predicted octanol–water partition coefficient (Wildman–Crippen LogP) is 0.524. The van der Waals surface area contributed by atoms with E-state index in [1.54, 1.807) is 0 Å². The summed E-state index contributed by atoms with van der Waals surface area (Å²) >= 11 is 0. The maximum Gasteiger partial charge on any atom is 0.344 e. The molecule has 0 spiro atoms. The Morgan fingerprint density at radius 1 is 1.31 bits per heavy atom. The fraction of sp³-hybridized carbons (Fsp3) is 0.429. The van der Waals surface area contributed by atoms with Crippen LogP contribution >= 0.6 is 0 Å². The first-order valence-corrected chi connectivity index (χ1v) is 3.18. The highest BCUT2D eigenvalue weighted by Gasteiger charge is 2.27. The van der Waals surface area contributed by atoms with Crippen LogP contribution in [0.25, 0.3) is 0 Å². The molecule has 0 atom stereocenters. The van der Waals surface area contributed by atoms with E-state index in [0.29, 0.717) is 6.26 Å². The maximum absolute atomic E-state index is 11.8. The van der Waals surface area contributed by atoms with Crippen molar-refractivity contribution in [3.05, 3.63) is 11.8 Å². The minimum atomic E-state index is -3.25. The summed E-state index contributed by atoms with van der Waals surface area (Å²) in [5.74, 6) is -2.76. The molecule has 0 rings (SSSR count). The van der Waals surface area contributed by atoms with Crippen LogP contribution < -0.4 is 0 Å². The first-order chi connectivity index (χ1) is 6.04. The van der Waals surface area contributed by atoms with E-state index < -0.39 is 23.8 Å². The molecule has 13 heavy (non-hydrogen) atoms. The van der Waals surface area contributed by atoms with Crippen molar-refractivity contribution in [2.75, 3.05) is 14.2 Å². The summed E-state index contributed by atoms with van der Waals surface area (Å²) in [6, 6.07) is 0. The Balaban J connectivity index is 4.72. The summed E-state index contributed by atoms with van der Waals surface area (Å²) in [5, 5.41) is 0. The molecule has 0 saturated carbocycles. The van der Waals surface area contributed by atoms with Crippen LogP contribution in [0.4, 0.5) is 8.78 Å². The summed E-state index contributed by atoms with van der Waals surface area (Å²) in [6.07, 6.45) is -2.62. The van der Waals surface area contributed by atoms with Gasteiger partial charge in [-0.3, -0.25) is 4.79 Å². The Hall–Kier alpha value is -1.46. The predicted molar refractivity (Wildman–Crippen MR) is 38.1 cm³/mol. The smallest absolute Gasteiger partial charge is 0.344 e. The second-order valence-corrected chi connectivity index (χ2v) is 1.92. The lowest BCUT2D eigenvalue weighted by molar-refractivity contribution is -0.140. The van der Waals surface area contributed by atoms with Gasteiger partial charge in [0.15, 0.2) is 0 Å². The number of carbonyl (C=O) groups excluding carboxylic acids is 2. The Morgan fingerprint density at radius 2 is 1.85 bits per heavy atom. The van der Waals surface area contributed by atoms with Crippen molar-refractivity contribution in [1.82, 2.24) is 0 Å². The Bertz CT molecular complexity index is 235. The molecule has 0 amide bonds. The topological polar surface area (TPSA) is 52.6 Å². The number of hydrogen-bond acceptors (Lipinski definition) is 4. The lowest BCUT2D eigenvalue weighted by Gasteiger charge is -2.02. The van der Waals surface area contributed by atoms with Crippen LogP contribution in [0.2, 0.25) is 0 Å². The first kappa shape index (κ1) is 11.5. The summed E-state index contributed by atoms with van der Waals surface area (Å²) in [6.45, 7) is 0. The van der Waals surface area contributed by atoms with Crippen molar-refractivity contribution in [2.24, 2.45) is 0 Å². The summed E-state index contributed by atoms with van der Waals surface area (Å²) in [4.78, 5) is 21.4. The average Bonchev–Trinajstić information content (AvgIpc) is 2.11. The molecule has 0 aromatic rings. The third kappa shape index (κ3) is 3.18. The van der Waals surface area contributed by atoms with Crippen molar-refractivity contribution in [3.63, 3.8) is 0 Å². The van der Waals surface area contributed by atoms with Gasteiger partial charge in [-0.1, -0.05) is 0 Å². The van der Waals surface area contributed by atoms with Crippen LogP contribution in [0, 0.1) is 0 Å². The van der Waals surface area contributed by atoms with Gasteiger partial charge in [-0.05, 0) is 0 Å². The molecule has 0 unspecified atom stereocenters. The van der Waals surface area contributed by atoms with Crippen molar-refractivity contribution in [2.45, 2.75) is 6.43 Å². The van der Waals surface area contributed by atoms with Gasteiger partial charge in [0.1, 0.15) is 11.8 Å².